The molecule has 11 heteroatoms. The van der Waals surface area contributed by atoms with Gasteiger partial charge in [-0.1, -0.05) is 38.1 Å². The first-order valence-corrected chi connectivity index (χ1v) is 17.2. The third-order valence-corrected chi connectivity index (χ3v) is 11.7. The number of hydrogen-bond acceptors (Lipinski definition) is 7. The minimum atomic E-state index is -3.52. The molecule has 1 aromatic carbocycles. The fraction of sp³-hybridized carbons (Fsp3) is 0.625. The van der Waals surface area contributed by atoms with Crippen LogP contribution < -0.4 is 4.90 Å². The Kier molecular flexibility index (Phi) is 6.31. The van der Waals surface area contributed by atoms with Gasteiger partial charge in [0.1, 0.15) is 5.67 Å². The fourth-order valence-electron chi connectivity index (χ4n) is 8.08. The molecule has 1 unspecified atom stereocenters. The minimum Gasteiger partial charge on any atom is -0.339 e. The van der Waals surface area contributed by atoms with Crippen LogP contribution in [-0.4, -0.2) is 52.1 Å². The summed E-state index contributed by atoms with van der Waals surface area (Å²) in [5.74, 6) is 1.29. The van der Waals surface area contributed by atoms with Crippen molar-refractivity contribution in [2.45, 2.75) is 95.1 Å². The standard InChI is InChI=1S/C32H40FN5O4S/c1-29(2,3)28-35-27(36-42-28)31-11-8-30(9-12-31,10-13-31)20-37(26(39)25-17-32(33)15-22(25)16-32)24-7-5-6-21(14-24)23-18-34-38(19-23)43(4,40)41/h5-7,14,18-19,22,25H,8-13,15-17,20H2,1-4H3. The molecule has 0 saturated heterocycles. The molecule has 1 amide bonds. The lowest BCUT2D eigenvalue weighted by Crippen LogP contribution is -2.52. The Balaban J connectivity index is 1.17. The van der Waals surface area contributed by atoms with E-state index in [2.05, 4.69) is 31.0 Å². The van der Waals surface area contributed by atoms with Gasteiger partial charge in [-0.25, -0.2) is 12.8 Å². The average molecular weight is 610 g/mol. The molecular formula is C32H40FN5O4S. The minimum absolute atomic E-state index is 0.00998. The number of carbonyl (C=O) groups is 1. The van der Waals surface area contributed by atoms with Gasteiger partial charge in [0, 0.05) is 34.5 Å². The molecule has 6 fully saturated rings. The SMILES string of the molecule is CC(C)(C)c1nc(C23CCC(CN(C(=O)C4CC5(F)CC4C5)c4cccc(-c5cnn(S(C)(=O)=O)c5)c4)(CC2)CC3)no1. The molecule has 4 bridgehead atoms. The molecule has 0 aliphatic heterocycles. The number of fused-ring (bicyclic) bond motifs is 4. The van der Waals surface area contributed by atoms with Crippen molar-refractivity contribution in [2.75, 3.05) is 17.7 Å². The lowest BCUT2D eigenvalue weighted by Gasteiger charge is -2.53. The number of benzene rings is 1. The van der Waals surface area contributed by atoms with Gasteiger partial charge in [0.25, 0.3) is 10.0 Å². The summed E-state index contributed by atoms with van der Waals surface area (Å²) in [6, 6.07) is 7.66. The van der Waals surface area contributed by atoms with Crippen molar-refractivity contribution in [1.29, 1.82) is 0 Å². The molecule has 1 atom stereocenters. The monoisotopic (exact) mass is 609 g/mol. The van der Waals surface area contributed by atoms with E-state index in [9.17, 15) is 17.6 Å². The molecule has 3 aromatic rings. The van der Waals surface area contributed by atoms with Gasteiger partial charge < -0.3 is 9.42 Å². The second kappa shape index (κ2) is 9.46. The van der Waals surface area contributed by atoms with Crippen LogP contribution in [0, 0.1) is 17.3 Å². The van der Waals surface area contributed by atoms with Crippen molar-refractivity contribution in [3.8, 4) is 11.1 Å². The average Bonchev–Trinajstić information content (AvgIpc) is 3.75. The number of hydrogen-bond donors (Lipinski definition) is 0. The Hall–Kier alpha value is -3.08. The number of halogens is 1. The van der Waals surface area contributed by atoms with Crippen LogP contribution in [0.5, 0.6) is 0 Å². The zero-order valence-electron chi connectivity index (χ0n) is 25.3. The second-order valence-electron chi connectivity index (χ2n) is 14.9. The topological polar surface area (TPSA) is 111 Å². The number of amides is 1. The number of alkyl halides is 1. The van der Waals surface area contributed by atoms with Crippen LogP contribution in [0.2, 0.25) is 0 Å². The van der Waals surface area contributed by atoms with Gasteiger partial charge in [0.15, 0.2) is 5.82 Å². The predicted molar refractivity (Wildman–Crippen MR) is 160 cm³/mol. The number of aromatic nitrogens is 4. The van der Waals surface area contributed by atoms with E-state index < -0.39 is 15.7 Å². The molecule has 6 saturated carbocycles. The van der Waals surface area contributed by atoms with Crippen LogP contribution >= 0.6 is 0 Å². The van der Waals surface area contributed by atoms with Crippen molar-refractivity contribution in [2.24, 2.45) is 17.3 Å². The van der Waals surface area contributed by atoms with Gasteiger partial charge in [-0.2, -0.15) is 14.2 Å². The quantitative estimate of drug-likeness (QED) is 0.333. The van der Waals surface area contributed by atoms with E-state index in [-0.39, 0.29) is 34.0 Å². The molecule has 2 heterocycles. The summed E-state index contributed by atoms with van der Waals surface area (Å²) >= 11 is 0. The van der Waals surface area contributed by atoms with Gasteiger partial charge in [0.05, 0.1) is 18.6 Å². The van der Waals surface area contributed by atoms with Gasteiger partial charge in [-0.15, -0.1) is 0 Å². The van der Waals surface area contributed by atoms with E-state index >= 15 is 0 Å². The molecule has 230 valence electrons. The lowest BCUT2D eigenvalue weighted by molar-refractivity contribution is -0.123. The van der Waals surface area contributed by atoms with Crippen molar-refractivity contribution < 1.29 is 22.1 Å². The second-order valence-corrected chi connectivity index (χ2v) is 16.8. The highest BCUT2D eigenvalue weighted by atomic mass is 32.2. The molecule has 9 nitrogen and oxygen atoms in total. The molecule has 0 spiro atoms. The van der Waals surface area contributed by atoms with Crippen LogP contribution in [-0.2, 0) is 25.6 Å². The van der Waals surface area contributed by atoms with E-state index in [0.29, 0.717) is 37.3 Å². The predicted octanol–water partition coefficient (Wildman–Crippen LogP) is 5.80. The molecule has 43 heavy (non-hydrogen) atoms. The summed E-state index contributed by atoms with van der Waals surface area (Å²) in [5, 5.41) is 8.45. The van der Waals surface area contributed by atoms with E-state index in [1.165, 1.54) is 12.4 Å². The van der Waals surface area contributed by atoms with Crippen molar-refractivity contribution in [3.05, 3.63) is 48.4 Å². The van der Waals surface area contributed by atoms with E-state index in [1.807, 2.05) is 29.2 Å². The molecule has 0 N–H and O–H groups in total. The zero-order valence-corrected chi connectivity index (χ0v) is 26.2. The Morgan fingerprint density at radius 2 is 1.79 bits per heavy atom. The summed E-state index contributed by atoms with van der Waals surface area (Å²) in [7, 11) is -3.52. The molecule has 0 radical (unpaired) electrons. The van der Waals surface area contributed by atoms with E-state index in [1.54, 1.807) is 0 Å². The molecule has 2 aromatic heterocycles. The highest BCUT2D eigenvalue weighted by Crippen LogP contribution is 2.60. The van der Waals surface area contributed by atoms with Gasteiger partial charge >= 0.3 is 0 Å². The van der Waals surface area contributed by atoms with E-state index in [0.717, 1.165) is 65.9 Å². The van der Waals surface area contributed by atoms with E-state index in [4.69, 9.17) is 9.51 Å². The highest BCUT2D eigenvalue weighted by molar-refractivity contribution is 7.89. The Morgan fingerprint density at radius 1 is 1.09 bits per heavy atom. The summed E-state index contributed by atoms with van der Waals surface area (Å²) in [6.45, 7) is 6.81. The summed E-state index contributed by atoms with van der Waals surface area (Å²) in [5.41, 5.74) is 0.667. The van der Waals surface area contributed by atoms with Crippen LogP contribution in [0.25, 0.3) is 11.1 Å². The Bertz CT molecular complexity index is 1660. The first-order valence-electron chi connectivity index (χ1n) is 15.4. The van der Waals surface area contributed by atoms with Crippen LogP contribution in [0.4, 0.5) is 10.1 Å². The van der Waals surface area contributed by atoms with Crippen LogP contribution in [0.1, 0.15) is 90.3 Å². The van der Waals surface area contributed by atoms with Gasteiger partial charge in [-0.05, 0) is 86.8 Å². The maximum Gasteiger partial charge on any atom is 0.250 e. The largest absolute Gasteiger partial charge is 0.339 e. The first kappa shape index (κ1) is 28.7. The maximum absolute atomic E-state index is 15.0. The first-order chi connectivity index (χ1) is 20.2. The molecule has 9 rings (SSSR count). The smallest absolute Gasteiger partial charge is 0.250 e. The van der Waals surface area contributed by atoms with Gasteiger partial charge in [-0.3, -0.25) is 4.79 Å². The highest BCUT2D eigenvalue weighted by Gasteiger charge is 2.60. The normalized spacial score (nSPS) is 31.7. The fourth-order valence-corrected chi connectivity index (χ4v) is 8.60. The maximum atomic E-state index is 15.0. The zero-order chi connectivity index (χ0) is 30.4. The summed E-state index contributed by atoms with van der Waals surface area (Å²) in [6.07, 6.45) is 11.1. The number of carbonyl (C=O) groups excluding carboxylic acids is 1. The molecule has 6 aliphatic rings. The third-order valence-electron chi connectivity index (χ3n) is 10.8. The molecular weight excluding hydrogens is 569 g/mol. The lowest BCUT2D eigenvalue weighted by atomic mass is 9.53. The Morgan fingerprint density at radius 3 is 2.35 bits per heavy atom. The Labute approximate surface area is 252 Å². The van der Waals surface area contributed by atoms with Crippen molar-refractivity contribution in [1.82, 2.24) is 19.3 Å². The van der Waals surface area contributed by atoms with Crippen molar-refractivity contribution >= 4 is 21.6 Å². The van der Waals surface area contributed by atoms with Crippen molar-refractivity contribution in [3.63, 3.8) is 0 Å². The number of nitrogens with zero attached hydrogens (tertiary/aromatic N) is 5. The number of anilines is 1. The number of rotatable bonds is 7. The van der Waals surface area contributed by atoms with Gasteiger partial charge in [0.2, 0.25) is 11.8 Å². The third kappa shape index (κ3) is 4.91. The summed E-state index contributed by atoms with van der Waals surface area (Å²) in [4.78, 5) is 21.0. The molecule has 6 aliphatic carbocycles. The van der Waals surface area contributed by atoms with Crippen LogP contribution in [0.3, 0.4) is 0 Å². The summed E-state index contributed by atoms with van der Waals surface area (Å²) < 4.78 is 45.6. The van der Waals surface area contributed by atoms with Crippen LogP contribution in [0.15, 0.2) is 41.2 Å².